The number of aryl methyl sites for hydroxylation is 1. The third-order valence-electron chi connectivity index (χ3n) is 6.23. The molecule has 1 aromatic carbocycles. The lowest BCUT2D eigenvalue weighted by molar-refractivity contribution is -0.740. The quantitative estimate of drug-likeness (QED) is 0.391. The summed E-state index contributed by atoms with van der Waals surface area (Å²) in [5.41, 5.74) is 7.67. The summed E-state index contributed by atoms with van der Waals surface area (Å²) < 4.78 is 2.62. The predicted molar refractivity (Wildman–Crippen MR) is 107 cm³/mol. The van der Waals surface area contributed by atoms with E-state index in [1.807, 2.05) is 0 Å². The molecule has 1 aliphatic rings. The molecular formula is C24H34N+. The number of unbranched alkanes of at least 4 members (excludes halogenated alkanes) is 3. The second-order valence-corrected chi connectivity index (χ2v) is 7.68. The molecule has 0 bridgehead atoms. The van der Waals surface area contributed by atoms with Crippen molar-refractivity contribution in [2.45, 2.75) is 84.6 Å². The molecule has 0 saturated carbocycles. The van der Waals surface area contributed by atoms with E-state index in [0.717, 1.165) is 6.42 Å². The molecule has 0 N–H and O–H groups in total. The molecule has 0 aliphatic carbocycles. The number of pyridine rings is 1. The molecule has 1 unspecified atom stereocenters. The zero-order valence-corrected chi connectivity index (χ0v) is 16.6. The first-order chi connectivity index (χ1) is 12.2. The first-order valence-electron chi connectivity index (χ1n) is 10.3. The van der Waals surface area contributed by atoms with Gasteiger partial charge in [-0.25, -0.2) is 0 Å². The van der Waals surface area contributed by atoms with Crippen LogP contribution < -0.4 is 4.57 Å². The Bertz CT molecular complexity index is 731. The molecule has 1 heteroatoms. The minimum atomic E-state index is 0.147. The Morgan fingerprint density at radius 3 is 2.40 bits per heavy atom. The van der Waals surface area contributed by atoms with Crippen molar-refractivity contribution in [2.75, 3.05) is 0 Å². The van der Waals surface area contributed by atoms with E-state index >= 15 is 0 Å². The van der Waals surface area contributed by atoms with Crippen LogP contribution in [0.3, 0.4) is 0 Å². The maximum absolute atomic E-state index is 2.62. The van der Waals surface area contributed by atoms with E-state index in [4.69, 9.17) is 0 Å². The topological polar surface area (TPSA) is 3.88 Å². The summed E-state index contributed by atoms with van der Waals surface area (Å²) in [5, 5.41) is 0. The maximum Gasteiger partial charge on any atom is 0.216 e. The highest BCUT2D eigenvalue weighted by atomic mass is 15.1. The average Bonchev–Trinajstić information content (AvgIpc) is 2.93. The lowest BCUT2D eigenvalue weighted by atomic mass is 9.82. The maximum atomic E-state index is 2.62. The summed E-state index contributed by atoms with van der Waals surface area (Å²) in [5.74, 6) is 0. The van der Waals surface area contributed by atoms with E-state index in [1.54, 1.807) is 5.56 Å². The smallest absolute Gasteiger partial charge is 0.188 e. The minimum absolute atomic E-state index is 0.147. The van der Waals surface area contributed by atoms with Crippen molar-refractivity contribution in [1.29, 1.82) is 0 Å². The number of aromatic nitrogens is 1. The molecule has 1 nitrogen and oxygen atoms in total. The van der Waals surface area contributed by atoms with Gasteiger partial charge in [0, 0.05) is 30.0 Å². The van der Waals surface area contributed by atoms with Crippen LogP contribution in [0.15, 0.2) is 36.5 Å². The zero-order chi connectivity index (χ0) is 17.9. The summed E-state index contributed by atoms with van der Waals surface area (Å²) in [7, 11) is 0. The van der Waals surface area contributed by atoms with Crippen LogP contribution in [0, 0.1) is 6.92 Å². The van der Waals surface area contributed by atoms with Crippen LogP contribution in [0.1, 0.15) is 82.4 Å². The Kier molecular flexibility index (Phi) is 5.61. The van der Waals surface area contributed by atoms with Crippen molar-refractivity contribution in [3.8, 4) is 11.3 Å². The number of hydrogen-bond donors (Lipinski definition) is 0. The van der Waals surface area contributed by atoms with E-state index < -0.39 is 0 Å². The van der Waals surface area contributed by atoms with Crippen molar-refractivity contribution in [3.05, 3.63) is 53.2 Å². The Morgan fingerprint density at radius 1 is 0.920 bits per heavy atom. The van der Waals surface area contributed by atoms with Gasteiger partial charge >= 0.3 is 0 Å². The fourth-order valence-electron chi connectivity index (χ4n) is 4.71. The molecule has 1 aliphatic heterocycles. The molecule has 1 atom stereocenters. The molecule has 0 saturated heterocycles. The summed E-state index contributed by atoms with van der Waals surface area (Å²) in [6, 6.07) is 11.5. The first kappa shape index (κ1) is 18.2. The van der Waals surface area contributed by atoms with Crippen molar-refractivity contribution in [1.82, 2.24) is 0 Å². The number of nitrogens with zero attached hydrogens (tertiary/aromatic N) is 1. The van der Waals surface area contributed by atoms with Crippen molar-refractivity contribution in [3.63, 3.8) is 0 Å². The Balaban J connectivity index is 2.12. The van der Waals surface area contributed by atoms with Gasteiger partial charge in [-0.05, 0) is 37.8 Å². The SMILES string of the molecule is CCCCCc1cc[n+]2c(c1C)-c1ccccc1C2(CC)CCCC. The molecule has 25 heavy (non-hydrogen) atoms. The summed E-state index contributed by atoms with van der Waals surface area (Å²) >= 11 is 0. The average molecular weight is 337 g/mol. The van der Waals surface area contributed by atoms with Crippen molar-refractivity contribution >= 4 is 0 Å². The number of fused-ring (bicyclic) bond motifs is 3. The van der Waals surface area contributed by atoms with Crippen LogP contribution in [0.4, 0.5) is 0 Å². The molecule has 134 valence electrons. The van der Waals surface area contributed by atoms with E-state index in [1.165, 1.54) is 67.3 Å². The normalized spacial score (nSPS) is 18.2. The third kappa shape index (κ3) is 3.03. The predicted octanol–water partition coefficient (Wildman–Crippen LogP) is 6.34. The molecule has 0 fully saturated rings. The minimum Gasteiger partial charge on any atom is -0.188 e. The molecule has 1 aromatic heterocycles. The standard InChI is InChI=1S/C24H34N/c1-5-8-10-13-20-16-18-25-23(19(20)4)21-14-11-12-15-22(21)24(25,7-3)17-9-6-2/h11-12,14-16,18H,5-10,13,17H2,1-4H3/q+1. The number of rotatable bonds is 8. The number of benzene rings is 1. The van der Waals surface area contributed by atoms with Gasteiger partial charge in [-0.3, -0.25) is 0 Å². The van der Waals surface area contributed by atoms with E-state index in [-0.39, 0.29) is 5.54 Å². The lowest BCUT2D eigenvalue weighted by Crippen LogP contribution is -2.54. The third-order valence-corrected chi connectivity index (χ3v) is 6.23. The van der Waals surface area contributed by atoms with Gasteiger partial charge in [0.05, 0.1) is 5.56 Å². The fourth-order valence-corrected chi connectivity index (χ4v) is 4.71. The second kappa shape index (κ2) is 7.72. The summed E-state index contributed by atoms with van der Waals surface area (Å²) in [6.07, 6.45) is 12.5. The largest absolute Gasteiger partial charge is 0.216 e. The van der Waals surface area contributed by atoms with Crippen LogP contribution in [0.5, 0.6) is 0 Å². The van der Waals surface area contributed by atoms with Gasteiger partial charge in [0.15, 0.2) is 11.7 Å². The molecule has 0 amide bonds. The summed E-state index contributed by atoms with van der Waals surface area (Å²) in [6.45, 7) is 9.29. The van der Waals surface area contributed by atoms with Gasteiger partial charge in [0.1, 0.15) is 0 Å². The fraction of sp³-hybridized carbons (Fsp3) is 0.542. The highest BCUT2D eigenvalue weighted by Gasteiger charge is 2.49. The van der Waals surface area contributed by atoms with Crippen molar-refractivity contribution < 1.29 is 4.57 Å². The Labute approximate surface area is 154 Å². The highest BCUT2D eigenvalue weighted by Crippen LogP contribution is 2.44. The molecular weight excluding hydrogens is 302 g/mol. The van der Waals surface area contributed by atoms with Crippen LogP contribution in [-0.2, 0) is 12.0 Å². The van der Waals surface area contributed by atoms with E-state index in [0.29, 0.717) is 0 Å². The lowest BCUT2D eigenvalue weighted by Gasteiger charge is -2.24. The molecule has 3 rings (SSSR count). The van der Waals surface area contributed by atoms with Crippen LogP contribution in [-0.4, -0.2) is 0 Å². The van der Waals surface area contributed by atoms with Crippen molar-refractivity contribution in [2.24, 2.45) is 0 Å². The van der Waals surface area contributed by atoms with Gasteiger partial charge in [0.2, 0.25) is 5.69 Å². The zero-order valence-electron chi connectivity index (χ0n) is 16.6. The first-order valence-corrected chi connectivity index (χ1v) is 10.3. The Hall–Kier alpha value is -1.63. The molecule has 0 spiro atoms. The highest BCUT2D eigenvalue weighted by molar-refractivity contribution is 5.69. The van der Waals surface area contributed by atoms with E-state index in [2.05, 4.69) is 68.8 Å². The summed E-state index contributed by atoms with van der Waals surface area (Å²) in [4.78, 5) is 0. The Morgan fingerprint density at radius 2 is 1.68 bits per heavy atom. The van der Waals surface area contributed by atoms with Gasteiger partial charge in [-0.1, -0.05) is 58.2 Å². The number of hydrogen-bond acceptors (Lipinski definition) is 0. The van der Waals surface area contributed by atoms with Crippen LogP contribution >= 0.6 is 0 Å². The van der Waals surface area contributed by atoms with Gasteiger partial charge < -0.3 is 0 Å². The van der Waals surface area contributed by atoms with Gasteiger partial charge in [0.25, 0.3) is 0 Å². The molecule has 0 radical (unpaired) electrons. The second-order valence-electron chi connectivity index (χ2n) is 7.68. The van der Waals surface area contributed by atoms with Gasteiger partial charge in [-0.2, -0.15) is 4.57 Å². The van der Waals surface area contributed by atoms with Crippen LogP contribution in [0.2, 0.25) is 0 Å². The van der Waals surface area contributed by atoms with Crippen LogP contribution in [0.25, 0.3) is 11.3 Å². The molecule has 2 aromatic rings. The monoisotopic (exact) mass is 336 g/mol. The van der Waals surface area contributed by atoms with E-state index in [9.17, 15) is 0 Å². The van der Waals surface area contributed by atoms with Gasteiger partial charge in [-0.15, -0.1) is 0 Å². The molecule has 2 heterocycles.